The predicted octanol–water partition coefficient (Wildman–Crippen LogP) is 0.954. The van der Waals surface area contributed by atoms with Gasteiger partial charge in [-0.25, -0.2) is 4.79 Å². The van der Waals surface area contributed by atoms with Crippen molar-refractivity contribution in [1.82, 2.24) is 15.5 Å². The summed E-state index contributed by atoms with van der Waals surface area (Å²) in [5, 5.41) is 5.31. The highest BCUT2D eigenvalue weighted by Gasteiger charge is 2.16. The van der Waals surface area contributed by atoms with Crippen molar-refractivity contribution in [3.63, 3.8) is 0 Å². The van der Waals surface area contributed by atoms with Gasteiger partial charge in [-0.2, -0.15) is 0 Å². The number of nitrogens with zero attached hydrogens (tertiary/aromatic N) is 1. The highest BCUT2D eigenvalue weighted by Crippen LogP contribution is 2.07. The molecule has 0 aromatic rings. The van der Waals surface area contributed by atoms with Gasteiger partial charge < -0.3 is 15.5 Å². The third-order valence-electron chi connectivity index (χ3n) is 2.78. The Balaban J connectivity index is 2.16. The van der Waals surface area contributed by atoms with E-state index in [1.54, 1.807) is 0 Å². The molecule has 1 heterocycles. The fourth-order valence-electron chi connectivity index (χ4n) is 1.77. The van der Waals surface area contributed by atoms with Gasteiger partial charge in [-0.05, 0) is 25.2 Å². The van der Waals surface area contributed by atoms with Crippen LogP contribution in [-0.4, -0.2) is 43.0 Å². The van der Waals surface area contributed by atoms with E-state index in [0.717, 1.165) is 25.9 Å². The van der Waals surface area contributed by atoms with Gasteiger partial charge in [-0.1, -0.05) is 13.8 Å². The molecule has 1 rings (SSSR count). The lowest BCUT2D eigenvalue weighted by atomic mass is 10.1. The summed E-state index contributed by atoms with van der Waals surface area (Å²) in [6.45, 7) is 6.44. The van der Waals surface area contributed by atoms with E-state index in [-0.39, 0.29) is 18.5 Å². The van der Waals surface area contributed by atoms with Crippen LogP contribution >= 0.6 is 0 Å². The number of carbonyl (C=O) groups is 2. The second-order valence-electron chi connectivity index (χ2n) is 4.90. The molecule has 0 atom stereocenters. The third-order valence-corrected chi connectivity index (χ3v) is 2.78. The minimum atomic E-state index is -0.260. The summed E-state index contributed by atoms with van der Waals surface area (Å²) in [5.74, 6) is 0.433. The molecule has 0 aromatic heterocycles. The van der Waals surface area contributed by atoms with Crippen LogP contribution < -0.4 is 10.6 Å². The Hall–Kier alpha value is -1.26. The van der Waals surface area contributed by atoms with Crippen LogP contribution in [0.15, 0.2) is 0 Å². The molecular weight excluding hydrogens is 218 g/mol. The quantitative estimate of drug-likeness (QED) is 0.770. The summed E-state index contributed by atoms with van der Waals surface area (Å²) in [6.07, 6.45) is 3.35. The zero-order valence-corrected chi connectivity index (χ0v) is 10.8. The molecule has 2 N–H and O–H groups in total. The van der Waals surface area contributed by atoms with E-state index < -0.39 is 0 Å². The highest BCUT2D eigenvalue weighted by molar-refractivity contribution is 5.84. The van der Waals surface area contributed by atoms with E-state index in [1.165, 1.54) is 6.42 Å². The first-order valence-corrected chi connectivity index (χ1v) is 6.39. The lowest BCUT2D eigenvalue weighted by molar-refractivity contribution is -0.130. The fraction of sp³-hybridized carbons (Fsp3) is 0.833. The maximum Gasteiger partial charge on any atom is 0.315 e. The second kappa shape index (κ2) is 7.14. The Morgan fingerprint density at radius 3 is 2.35 bits per heavy atom. The SMILES string of the molecule is CC(C)CNC(=O)NCC(=O)N1CCCCC1. The Morgan fingerprint density at radius 2 is 1.76 bits per heavy atom. The number of carbonyl (C=O) groups excluding carboxylic acids is 2. The molecule has 0 aromatic carbocycles. The molecule has 3 amide bonds. The summed E-state index contributed by atoms with van der Waals surface area (Å²) in [5.41, 5.74) is 0. The molecule has 17 heavy (non-hydrogen) atoms. The van der Waals surface area contributed by atoms with Crippen molar-refractivity contribution in [2.24, 2.45) is 5.92 Å². The highest BCUT2D eigenvalue weighted by atomic mass is 16.2. The van der Waals surface area contributed by atoms with Crippen molar-refractivity contribution in [3.05, 3.63) is 0 Å². The summed E-state index contributed by atoms with van der Waals surface area (Å²) >= 11 is 0. The largest absolute Gasteiger partial charge is 0.341 e. The van der Waals surface area contributed by atoms with E-state index in [9.17, 15) is 9.59 Å². The molecule has 1 aliphatic rings. The molecule has 0 saturated carbocycles. The Morgan fingerprint density at radius 1 is 1.12 bits per heavy atom. The number of piperidine rings is 1. The first-order valence-electron chi connectivity index (χ1n) is 6.39. The van der Waals surface area contributed by atoms with Crippen LogP contribution in [0.3, 0.4) is 0 Å². The van der Waals surface area contributed by atoms with Crippen LogP contribution in [0.25, 0.3) is 0 Å². The fourth-order valence-corrected chi connectivity index (χ4v) is 1.77. The molecule has 0 bridgehead atoms. The maximum absolute atomic E-state index is 11.7. The van der Waals surface area contributed by atoms with E-state index in [0.29, 0.717) is 12.5 Å². The second-order valence-corrected chi connectivity index (χ2v) is 4.90. The molecule has 98 valence electrons. The molecule has 1 fully saturated rings. The van der Waals surface area contributed by atoms with Gasteiger partial charge in [0.05, 0.1) is 6.54 Å². The van der Waals surface area contributed by atoms with E-state index in [2.05, 4.69) is 10.6 Å². The Kier molecular flexibility index (Phi) is 5.80. The van der Waals surface area contributed by atoms with Crippen molar-refractivity contribution >= 4 is 11.9 Å². The first-order chi connectivity index (χ1) is 8.09. The van der Waals surface area contributed by atoms with Crippen LogP contribution in [0, 0.1) is 5.92 Å². The Bertz CT molecular complexity index is 260. The number of likely N-dealkylation sites (tertiary alicyclic amines) is 1. The van der Waals surface area contributed by atoms with E-state index >= 15 is 0 Å². The summed E-state index contributed by atoms with van der Waals surface area (Å²) < 4.78 is 0. The van der Waals surface area contributed by atoms with Gasteiger partial charge in [0.15, 0.2) is 0 Å². The summed E-state index contributed by atoms with van der Waals surface area (Å²) in [6, 6.07) is -0.260. The lowest BCUT2D eigenvalue weighted by Crippen LogP contribution is -2.45. The lowest BCUT2D eigenvalue weighted by Gasteiger charge is -2.26. The smallest absolute Gasteiger partial charge is 0.315 e. The first kappa shape index (κ1) is 13.8. The van der Waals surface area contributed by atoms with Crippen molar-refractivity contribution in [2.45, 2.75) is 33.1 Å². The summed E-state index contributed by atoms with van der Waals surface area (Å²) in [4.78, 5) is 24.9. The summed E-state index contributed by atoms with van der Waals surface area (Å²) in [7, 11) is 0. The molecular formula is C12H23N3O2. The van der Waals surface area contributed by atoms with Crippen LogP contribution in [0.4, 0.5) is 4.79 Å². The normalized spacial score (nSPS) is 15.8. The average molecular weight is 241 g/mol. The van der Waals surface area contributed by atoms with Crippen molar-refractivity contribution in [1.29, 1.82) is 0 Å². The minimum Gasteiger partial charge on any atom is -0.341 e. The van der Waals surface area contributed by atoms with Crippen LogP contribution in [0.2, 0.25) is 0 Å². The number of hydrogen-bond acceptors (Lipinski definition) is 2. The minimum absolute atomic E-state index is 0.0180. The van der Waals surface area contributed by atoms with E-state index in [4.69, 9.17) is 0 Å². The molecule has 5 heteroatoms. The van der Waals surface area contributed by atoms with Crippen molar-refractivity contribution in [3.8, 4) is 0 Å². The number of hydrogen-bond donors (Lipinski definition) is 2. The van der Waals surface area contributed by atoms with Gasteiger partial charge >= 0.3 is 6.03 Å². The van der Waals surface area contributed by atoms with Gasteiger partial charge in [0.1, 0.15) is 0 Å². The topological polar surface area (TPSA) is 61.4 Å². The maximum atomic E-state index is 11.7. The molecule has 0 unspecified atom stereocenters. The predicted molar refractivity (Wildman–Crippen MR) is 66.7 cm³/mol. The van der Waals surface area contributed by atoms with Crippen LogP contribution in [0.5, 0.6) is 0 Å². The zero-order chi connectivity index (χ0) is 12.7. The van der Waals surface area contributed by atoms with Crippen molar-refractivity contribution in [2.75, 3.05) is 26.2 Å². The third kappa shape index (κ3) is 5.56. The van der Waals surface area contributed by atoms with Gasteiger partial charge in [0.2, 0.25) is 5.91 Å². The van der Waals surface area contributed by atoms with Gasteiger partial charge in [0.25, 0.3) is 0 Å². The molecule has 0 aliphatic carbocycles. The van der Waals surface area contributed by atoms with Gasteiger partial charge in [-0.15, -0.1) is 0 Å². The van der Waals surface area contributed by atoms with Crippen molar-refractivity contribution < 1.29 is 9.59 Å². The molecule has 5 nitrogen and oxygen atoms in total. The molecule has 1 saturated heterocycles. The molecule has 0 spiro atoms. The van der Waals surface area contributed by atoms with Gasteiger partial charge in [0, 0.05) is 19.6 Å². The molecule has 0 radical (unpaired) electrons. The number of rotatable bonds is 4. The monoisotopic (exact) mass is 241 g/mol. The number of amides is 3. The standard InChI is InChI=1S/C12H23N3O2/c1-10(2)8-13-12(17)14-9-11(16)15-6-4-3-5-7-15/h10H,3-9H2,1-2H3,(H2,13,14,17). The number of nitrogens with one attached hydrogen (secondary N) is 2. The number of urea groups is 1. The zero-order valence-electron chi connectivity index (χ0n) is 10.8. The Labute approximate surface area is 103 Å². The average Bonchev–Trinajstić information content (AvgIpc) is 2.34. The van der Waals surface area contributed by atoms with Crippen LogP contribution in [-0.2, 0) is 4.79 Å². The van der Waals surface area contributed by atoms with Crippen LogP contribution in [0.1, 0.15) is 33.1 Å². The van der Waals surface area contributed by atoms with Gasteiger partial charge in [-0.3, -0.25) is 4.79 Å². The van der Waals surface area contributed by atoms with E-state index in [1.807, 2.05) is 18.7 Å². The molecule has 1 aliphatic heterocycles.